The molecule has 0 amide bonds. The second-order valence-corrected chi connectivity index (χ2v) is 7.11. The lowest BCUT2D eigenvalue weighted by molar-refractivity contribution is 0.00578. The average Bonchev–Trinajstić information content (AvgIpc) is 3.08. The van der Waals surface area contributed by atoms with E-state index in [0.717, 1.165) is 18.3 Å². The molecule has 2 aliphatic rings. The molecule has 1 saturated carbocycles. The Hall–Kier alpha value is -0.845. The van der Waals surface area contributed by atoms with Gasteiger partial charge in [0.25, 0.3) is 0 Å². The number of aromatic nitrogens is 2. The van der Waals surface area contributed by atoms with Gasteiger partial charge in [0.2, 0.25) is 0 Å². The Kier molecular flexibility index (Phi) is 3.67. The second-order valence-electron chi connectivity index (χ2n) is 7.11. The first kappa shape index (κ1) is 15.1. The van der Waals surface area contributed by atoms with Gasteiger partial charge >= 0.3 is 7.12 Å². The van der Waals surface area contributed by atoms with Crippen molar-refractivity contribution in [1.29, 1.82) is 0 Å². The van der Waals surface area contributed by atoms with Gasteiger partial charge in [0.1, 0.15) is 0 Å². The van der Waals surface area contributed by atoms with Crippen molar-refractivity contribution in [1.82, 2.24) is 9.78 Å². The molecule has 2 heterocycles. The van der Waals surface area contributed by atoms with Gasteiger partial charge in [-0.1, -0.05) is 0 Å². The van der Waals surface area contributed by atoms with Crippen molar-refractivity contribution >= 4 is 12.6 Å². The number of nitrogens with zero attached hydrogens (tertiary/aromatic N) is 2. The predicted octanol–water partition coefficient (Wildman–Crippen LogP) is 1.92. The summed E-state index contributed by atoms with van der Waals surface area (Å²) in [6.45, 7) is 8.26. The number of methoxy groups -OCH3 is 1. The summed E-state index contributed by atoms with van der Waals surface area (Å²) >= 11 is 0. The van der Waals surface area contributed by atoms with Crippen LogP contribution in [-0.2, 0) is 14.0 Å². The van der Waals surface area contributed by atoms with Crippen LogP contribution >= 0.6 is 0 Å². The van der Waals surface area contributed by atoms with E-state index in [2.05, 4.69) is 32.8 Å². The molecule has 2 unspecified atom stereocenters. The highest BCUT2D eigenvalue weighted by atomic mass is 16.7. The lowest BCUT2D eigenvalue weighted by Crippen LogP contribution is -2.41. The fourth-order valence-corrected chi connectivity index (χ4v) is 3.12. The molecule has 21 heavy (non-hydrogen) atoms. The van der Waals surface area contributed by atoms with E-state index in [4.69, 9.17) is 14.0 Å². The molecular formula is C15H25BN2O3. The first-order chi connectivity index (χ1) is 9.84. The first-order valence-corrected chi connectivity index (χ1v) is 7.76. The van der Waals surface area contributed by atoms with E-state index in [9.17, 15) is 0 Å². The van der Waals surface area contributed by atoms with Gasteiger partial charge in [0.05, 0.1) is 23.3 Å². The molecule has 0 spiro atoms. The molecule has 0 aromatic carbocycles. The van der Waals surface area contributed by atoms with Crippen LogP contribution in [0.2, 0.25) is 0 Å². The minimum Gasteiger partial charge on any atom is -0.399 e. The van der Waals surface area contributed by atoms with Gasteiger partial charge in [0.15, 0.2) is 0 Å². The van der Waals surface area contributed by atoms with E-state index in [1.807, 2.05) is 17.1 Å². The first-order valence-electron chi connectivity index (χ1n) is 7.76. The van der Waals surface area contributed by atoms with Gasteiger partial charge in [-0.2, -0.15) is 5.10 Å². The maximum absolute atomic E-state index is 6.07. The summed E-state index contributed by atoms with van der Waals surface area (Å²) in [4.78, 5) is 0. The number of hydrogen-bond donors (Lipinski definition) is 0. The summed E-state index contributed by atoms with van der Waals surface area (Å²) in [6.07, 6.45) is 7.57. The van der Waals surface area contributed by atoms with Crippen LogP contribution in [0.1, 0.15) is 53.0 Å². The van der Waals surface area contributed by atoms with Gasteiger partial charge < -0.3 is 14.0 Å². The minimum atomic E-state index is -0.342. The van der Waals surface area contributed by atoms with E-state index < -0.39 is 0 Å². The quantitative estimate of drug-likeness (QED) is 0.799. The van der Waals surface area contributed by atoms with Gasteiger partial charge in [-0.25, -0.2) is 0 Å². The molecule has 1 aromatic rings. The standard InChI is InChI=1S/C15H25BN2O3/c1-14(2)15(3,4)21-16(20-14)11-9-17-18(10-11)12-7-6-8-13(12)19-5/h9-10,12-13H,6-8H2,1-5H3. The molecular weight excluding hydrogens is 267 g/mol. The van der Waals surface area contributed by atoms with Crippen molar-refractivity contribution < 1.29 is 14.0 Å². The molecule has 5 nitrogen and oxygen atoms in total. The van der Waals surface area contributed by atoms with Crippen molar-refractivity contribution in [3.8, 4) is 0 Å². The molecule has 1 saturated heterocycles. The molecule has 2 atom stereocenters. The fraction of sp³-hybridized carbons (Fsp3) is 0.800. The monoisotopic (exact) mass is 292 g/mol. The zero-order chi connectivity index (χ0) is 15.3. The van der Waals surface area contributed by atoms with E-state index >= 15 is 0 Å². The number of ether oxygens (including phenoxy) is 1. The van der Waals surface area contributed by atoms with Crippen LogP contribution in [0, 0.1) is 0 Å². The summed E-state index contributed by atoms with van der Waals surface area (Å²) in [5, 5.41) is 4.51. The van der Waals surface area contributed by atoms with Crippen LogP contribution in [0.4, 0.5) is 0 Å². The lowest BCUT2D eigenvalue weighted by Gasteiger charge is -2.32. The Morgan fingerprint density at radius 2 is 1.90 bits per heavy atom. The summed E-state index contributed by atoms with van der Waals surface area (Å²) < 4.78 is 19.7. The van der Waals surface area contributed by atoms with Gasteiger partial charge in [0, 0.05) is 25.0 Å². The van der Waals surface area contributed by atoms with Crippen molar-refractivity contribution in [3.63, 3.8) is 0 Å². The highest BCUT2D eigenvalue weighted by Gasteiger charge is 2.52. The van der Waals surface area contributed by atoms with Crippen molar-refractivity contribution in [2.45, 2.75) is 70.3 Å². The van der Waals surface area contributed by atoms with Crippen molar-refractivity contribution in [3.05, 3.63) is 12.4 Å². The van der Waals surface area contributed by atoms with E-state index in [1.165, 1.54) is 6.42 Å². The molecule has 6 heteroatoms. The molecule has 0 bridgehead atoms. The molecule has 0 radical (unpaired) electrons. The maximum atomic E-state index is 6.07. The van der Waals surface area contributed by atoms with Crippen LogP contribution in [0.3, 0.4) is 0 Å². The molecule has 0 N–H and O–H groups in total. The Labute approximate surface area is 127 Å². The molecule has 2 fully saturated rings. The van der Waals surface area contributed by atoms with Gasteiger partial charge in [-0.3, -0.25) is 4.68 Å². The zero-order valence-corrected chi connectivity index (χ0v) is 13.6. The van der Waals surface area contributed by atoms with E-state index in [1.54, 1.807) is 7.11 Å². The predicted molar refractivity (Wildman–Crippen MR) is 81.6 cm³/mol. The van der Waals surface area contributed by atoms with Crippen LogP contribution in [0.15, 0.2) is 12.4 Å². The third-order valence-corrected chi connectivity index (χ3v) is 5.21. The van der Waals surface area contributed by atoms with Crippen LogP contribution in [-0.4, -0.2) is 41.3 Å². The largest absolute Gasteiger partial charge is 0.498 e. The average molecular weight is 292 g/mol. The highest BCUT2D eigenvalue weighted by molar-refractivity contribution is 6.61. The zero-order valence-electron chi connectivity index (χ0n) is 13.6. The van der Waals surface area contributed by atoms with Crippen LogP contribution in [0.25, 0.3) is 0 Å². The Morgan fingerprint density at radius 1 is 1.24 bits per heavy atom. The van der Waals surface area contributed by atoms with Crippen molar-refractivity contribution in [2.75, 3.05) is 7.11 Å². The van der Waals surface area contributed by atoms with Gasteiger partial charge in [-0.15, -0.1) is 0 Å². The smallest absolute Gasteiger partial charge is 0.399 e. The topological polar surface area (TPSA) is 45.5 Å². The third kappa shape index (κ3) is 2.54. The Balaban J connectivity index is 1.77. The van der Waals surface area contributed by atoms with Crippen molar-refractivity contribution in [2.24, 2.45) is 0 Å². The van der Waals surface area contributed by atoms with Crippen LogP contribution in [0.5, 0.6) is 0 Å². The molecule has 1 aliphatic carbocycles. The van der Waals surface area contributed by atoms with E-state index in [0.29, 0.717) is 6.04 Å². The summed E-state index contributed by atoms with van der Waals surface area (Å²) in [5.41, 5.74) is 0.347. The highest BCUT2D eigenvalue weighted by Crippen LogP contribution is 2.36. The molecule has 3 rings (SSSR count). The Bertz CT molecular complexity index is 499. The minimum absolute atomic E-state index is 0.260. The number of hydrogen-bond acceptors (Lipinski definition) is 4. The summed E-state index contributed by atoms with van der Waals surface area (Å²) in [6, 6.07) is 0.325. The van der Waals surface area contributed by atoms with Crippen LogP contribution < -0.4 is 5.46 Å². The lowest BCUT2D eigenvalue weighted by atomic mass is 9.82. The maximum Gasteiger partial charge on any atom is 0.498 e. The second kappa shape index (κ2) is 5.11. The molecule has 1 aromatic heterocycles. The SMILES string of the molecule is COC1CCCC1n1cc(B2OC(C)(C)C(C)(C)O2)cn1. The Morgan fingerprint density at radius 3 is 2.52 bits per heavy atom. The normalized spacial score (nSPS) is 31.0. The summed E-state index contributed by atoms with van der Waals surface area (Å²) in [7, 11) is 1.44. The number of rotatable bonds is 3. The molecule has 1 aliphatic heterocycles. The molecule has 116 valence electrons. The van der Waals surface area contributed by atoms with E-state index in [-0.39, 0.29) is 24.4 Å². The summed E-state index contributed by atoms with van der Waals surface area (Å²) in [5.74, 6) is 0. The fourth-order valence-electron chi connectivity index (χ4n) is 3.12. The van der Waals surface area contributed by atoms with Gasteiger partial charge in [-0.05, 0) is 47.0 Å². The third-order valence-electron chi connectivity index (χ3n) is 5.21.